The quantitative estimate of drug-likeness (QED) is 0.468. The second kappa shape index (κ2) is 9.55. The fraction of sp³-hybridized carbons (Fsp3) is 0.417. The maximum Gasteiger partial charge on any atom is 0.184 e. The van der Waals surface area contributed by atoms with Crippen LogP contribution in [0.2, 0.25) is 0 Å². The van der Waals surface area contributed by atoms with Gasteiger partial charge in [-0.05, 0) is 17.7 Å². The van der Waals surface area contributed by atoms with Gasteiger partial charge in [-0.2, -0.15) is 0 Å². The summed E-state index contributed by atoms with van der Waals surface area (Å²) in [5.41, 5.74) is 2.11. The van der Waals surface area contributed by atoms with Gasteiger partial charge in [-0.3, -0.25) is 0 Å². The van der Waals surface area contributed by atoms with E-state index in [9.17, 15) is 0 Å². The number of hydrogen-bond acceptors (Lipinski definition) is 5. The van der Waals surface area contributed by atoms with Crippen molar-refractivity contribution in [3.63, 3.8) is 0 Å². The van der Waals surface area contributed by atoms with E-state index in [1.165, 1.54) is 0 Å². The highest BCUT2D eigenvalue weighted by molar-refractivity contribution is 5.28. The zero-order valence-electron chi connectivity index (χ0n) is 16.7. The summed E-state index contributed by atoms with van der Waals surface area (Å²) < 4.78 is 29.3. The van der Waals surface area contributed by atoms with Gasteiger partial charge < -0.3 is 23.7 Å². The molecule has 0 saturated carbocycles. The highest BCUT2D eigenvalue weighted by atomic mass is 16.7. The molecule has 0 aliphatic carbocycles. The highest BCUT2D eigenvalue weighted by Gasteiger charge is 2.42. The molecule has 0 N–H and O–H groups in total. The molecule has 0 amide bonds. The van der Waals surface area contributed by atoms with Crippen molar-refractivity contribution in [2.24, 2.45) is 5.92 Å². The van der Waals surface area contributed by atoms with Gasteiger partial charge in [0.25, 0.3) is 0 Å². The molecule has 5 atom stereocenters. The lowest BCUT2D eigenvalue weighted by Crippen LogP contribution is -2.41. The molecule has 2 saturated heterocycles. The van der Waals surface area contributed by atoms with Crippen LogP contribution in [0.3, 0.4) is 0 Å². The normalized spacial score (nSPS) is 27.2. The molecule has 0 aromatic heterocycles. The first-order valence-electron chi connectivity index (χ1n) is 10.1. The molecule has 5 nitrogen and oxygen atoms in total. The minimum absolute atomic E-state index is 0.0221. The van der Waals surface area contributed by atoms with Gasteiger partial charge in [0.15, 0.2) is 6.29 Å². The Bertz CT molecular complexity index is 772. The Morgan fingerprint density at radius 1 is 1.07 bits per heavy atom. The van der Waals surface area contributed by atoms with Gasteiger partial charge in [0, 0.05) is 17.9 Å². The first kappa shape index (κ1) is 20.1. The molecule has 2 aliphatic heterocycles. The fourth-order valence-corrected chi connectivity index (χ4v) is 3.71. The van der Waals surface area contributed by atoms with Gasteiger partial charge in [-0.25, -0.2) is 0 Å². The van der Waals surface area contributed by atoms with E-state index in [-0.39, 0.29) is 24.2 Å². The van der Waals surface area contributed by atoms with Crippen molar-refractivity contribution < 1.29 is 23.7 Å². The molecule has 2 aliphatic rings. The second-order valence-electron chi connectivity index (χ2n) is 7.46. The molecule has 0 radical (unpaired) electrons. The number of benzene rings is 2. The summed E-state index contributed by atoms with van der Waals surface area (Å²) in [7, 11) is 1.66. The van der Waals surface area contributed by atoms with E-state index in [1.54, 1.807) is 7.11 Å². The number of ether oxygens (including phenoxy) is 5. The minimum atomic E-state index is -0.453. The lowest BCUT2D eigenvalue weighted by Gasteiger charge is -2.38. The lowest BCUT2D eigenvalue weighted by atomic mass is 9.93. The van der Waals surface area contributed by atoms with Crippen molar-refractivity contribution in [2.75, 3.05) is 20.3 Å². The molecule has 2 aromatic rings. The molecule has 2 heterocycles. The van der Waals surface area contributed by atoms with Crippen molar-refractivity contribution in [3.05, 3.63) is 78.4 Å². The van der Waals surface area contributed by atoms with Crippen LogP contribution in [0.5, 0.6) is 5.75 Å². The number of hydrogen-bond donors (Lipinski definition) is 0. The summed E-state index contributed by atoms with van der Waals surface area (Å²) >= 11 is 0. The first-order chi connectivity index (χ1) is 14.3. The molecule has 5 heteroatoms. The van der Waals surface area contributed by atoms with Crippen molar-refractivity contribution >= 4 is 0 Å². The number of methoxy groups -OCH3 is 1. The van der Waals surface area contributed by atoms with Crippen LogP contribution in [0.4, 0.5) is 0 Å². The molecule has 0 unspecified atom stereocenters. The maximum absolute atomic E-state index is 6.33. The van der Waals surface area contributed by atoms with Crippen LogP contribution in [0, 0.1) is 5.92 Å². The van der Waals surface area contributed by atoms with Gasteiger partial charge in [0.05, 0.1) is 45.2 Å². The lowest BCUT2D eigenvalue weighted by molar-refractivity contribution is -0.264. The van der Waals surface area contributed by atoms with E-state index in [1.807, 2.05) is 48.5 Å². The molecule has 29 heavy (non-hydrogen) atoms. The van der Waals surface area contributed by atoms with Crippen molar-refractivity contribution in [1.29, 1.82) is 0 Å². The molecular formula is C24H28O5. The summed E-state index contributed by atoms with van der Waals surface area (Å²) in [4.78, 5) is 0. The van der Waals surface area contributed by atoms with Crippen LogP contribution in [0.15, 0.2) is 67.3 Å². The monoisotopic (exact) mass is 396 g/mol. The summed E-state index contributed by atoms with van der Waals surface area (Å²) in [6, 6.07) is 18.0. The second-order valence-corrected chi connectivity index (χ2v) is 7.46. The zero-order valence-corrected chi connectivity index (χ0v) is 16.7. The molecule has 154 valence electrons. The Labute approximate surface area is 172 Å². The van der Waals surface area contributed by atoms with Gasteiger partial charge in [-0.1, -0.05) is 48.5 Å². The maximum atomic E-state index is 6.33. The van der Waals surface area contributed by atoms with Crippen molar-refractivity contribution in [3.8, 4) is 5.75 Å². The molecule has 2 aromatic carbocycles. The Morgan fingerprint density at radius 2 is 1.83 bits per heavy atom. The van der Waals surface area contributed by atoms with E-state index >= 15 is 0 Å². The van der Waals surface area contributed by atoms with Gasteiger partial charge in [0.2, 0.25) is 0 Å². The standard InChI is InChI=1S/C24H28O5/c1-3-21(23-16-27-23)22-13-20(15-26-14-17-7-5-4-6-8-17)28-24(29-22)18-9-11-19(25-2)12-10-18/h3-12,20-24H,1,13-16H2,2H3/t20-,21+,22+,23+,24+/m1/s1. The van der Waals surface area contributed by atoms with Gasteiger partial charge in [0.1, 0.15) is 5.75 Å². The third kappa shape index (κ3) is 5.25. The Hall–Kier alpha value is -2.18. The van der Waals surface area contributed by atoms with Crippen LogP contribution >= 0.6 is 0 Å². The summed E-state index contributed by atoms with van der Waals surface area (Å²) in [6.07, 6.45) is 2.35. The zero-order chi connectivity index (χ0) is 20.1. The highest BCUT2D eigenvalue weighted by Crippen LogP contribution is 2.37. The first-order valence-corrected chi connectivity index (χ1v) is 10.1. The van der Waals surface area contributed by atoms with Crippen LogP contribution < -0.4 is 4.74 Å². The summed E-state index contributed by atoms with van der Waals surface area (Å²) in [5.74, 6) is 0.954. The average Bonchev–Trinajstić information content (AvgIpc) is 3.60. The number of rotatable bonds is 9. The number of epoxide rings is 1. The topological polar surface area (TPSA) is 49.5 Å². The summed E-state index contributed by atoms with van der Waals surface area (Å²) in [5, 5.41) is 0. The van der Waals surface area contributed by atoms with E-state index in [4.69, 9.17) is 23.7 Å². The van der Waals surface area contributed by atoms with Crippen molar-refractivity contribution in [1.82, 2.24) is 0 Å². The van der Waals surface area contributed by atoms with Gasteiger partial charge in [-0.15, -0.1) is 6.58 Å². The Kier molecular flexibility index (Phi) is 6.62. The molecule has 4 rings (SSSR count). The minimum Gasteiger partial charge on any atom is -0.497 e. The SMILES string of the molecule is C=C[C@H]([C@@H]1CO1)[C@@H]1C[C@H](COCc2ccccc2)O[C@H](c2ccc(OC)cc2)O1. The van der Waals surface area contributed by atoms with Gasteiger partial charge >= 0.3 is 0 Å². The molecule has 2 fully saturated rings. The van der Waals surface area contributed by atoms with E-state index in [0.29, 0.717) is 13.2 Å². The molecular weight excluding hydrogens is 368 g/mol. The van der Waals surface area contributed by atoms with E-state index in [0.717, 1.165) is 29.9 Å². The third-order valence-corrected chi connectivity index (χ3v) is 5.40. The predicted molar refractivity (Wildman–Crippen MR) is 110 cm³/mol. The third-order valence-electron chi connectivity index (χ3n) is 5.40. The van der Waals surface area contributed by atoms with Crippen LogP contribution in [0.1, 0.15) is 23.8 Å². The van der Waals surface area contributed by atoms with Crippen LogP contribution in [-0.4, -0.2) is 38.6 Å². The fourth-order valence-electron chi connectivity index (χ4n) is 3.71. The largest absolute Gasteiger partial charge is 0.497 e. The summed E-state index contributed by atoms with van der Waals surface area (Å²) in [6.45, 7) is 5.84. The Balaban J connectivity index is 1.43. The van der Waals surface area contributed by atoms with Crippen molar-refractivity contribution in [2.45, 2.75) is 37.6 Å². The Morgan fingerprint density at radius 3 is 2.48 bits per heavy atom. The van der Waals surface area contributed by atoms with E-state index < -0.39 is 6.29 Å². The average molecular weight is 396 g/mol. The van der Waals surface area contributed by atoms with Crippen LogP contribution in [0.25, 0.3) is 0 Å². The van der Waals surface area contributed by atoms with E-state index in [2.05, 4.69) is 18.7 Å². The smallest absolute Gasteiger partial charge is 0.184 e. The molecule has 0 spiro atoms. The predicted octanol–water partition coefficient (Wildman–Crippen LogP) is 4.29. The van der Waals surface area contributed by atoms with Crippen LogP contribution in [-0.2, 0) is 25.6 Å². The molecule has 0 bridgehead atoms.